The van der Waals surface area contributed by atoms with Gasteiger partial charge in [0.2, 0.25) is 0 Å². The summed E-state index contributed by atoms with van der Waals surface area (Å²) in [7, 11) is 0. The van der Waals surface area contributed by atoms with Gasteiger partial charge in [-0.2, -0.15) is 0 Å². The molecule has 5 rings (SSSR count). The number of rotatable bonds is 0. The third-order valence-electron chi connectivity index (χ3n) is 13.3. The second-order valence-corrected chi connectivity index (χ2v) is 12.5. The van der Waals surface area contributed by atoms with Crippen LogP contribution in [0.4, 0.5) is 0 Å². The fourth-order valence-corrected chi connectivity index (χ4v) is 13.1. The molecular formula is C24H40. The topological polar surface area (TPSA) is 0 Å². The molecule has 0 aromatic carbocycles. The van der Waals surface area contributed by atoms with E-state index >= 15 is 0 Å². The van der Waals surface area contributed by atoms with Crippen LogP contribution < -0.4 is 0 Å². The fraction of sp³-hybridized carbons (Fsp3) is 1.00. The smallest absolute Gasteiger partial charge is 0.0124 e. The highest BCUT2D eigenvalue weighted by atomic mass is 15.0. The van der Waals surface area contributed by atoms with Crippen molar-refractivity contribution in [3.8, 4) is 0 Å². The van der Waals surface area contributed by atoms with E-state index in [1.807, 2.05) is 0 Å². The normalized spacial score (nSPS) is 70.2. The molecule has 0 heteroatoms. The van der Waals surface area contributed by atoms with Gasteiger partial charge in [0.1, 0.15) is 0 Å². The van der Waals surface area contributed by atoms with Crippen molar-refractivity contribution < 1.29 is 0 Å². The van der Waals surface area contributed by atoms with Crippen LogP contribution in [0.1, 0.15) is 82.1 Å². The first-order chi connectivity index (χ1) is 10.8. The van der Waals surface area contributed by atoms with Crippen molar-refractivity contribution in [2.75, 3.05) is 0 Å². The van der Waals surface area contributed by atoms with Gasteiger partial charge in [0.25, 0.3) is 0 Å². The number of hydrogen-bond donors (Lipinski definition) is 0. The maximum Gasteiger partial charge on any atom is -0.0124 e. The van der Waals surface area contributed by atoms with Gasteiger partial charge in [-0.05, 0) is 80.8 Å². The van der Waals surface area contributed by atoms with Gasteiger partial charge in [-0.1, -0.05) is 69.2 Å². The minimum Gasteiger partial charge on any atom is -0.0622 e. The van der Waals surface area contributed by atoms with E-state index in [1.54, 1.807) is 0 Å². The molecule has 0 N–H and O–H groups in total. The van der Waals surface area contributed by atoms with Crippen LogP contribution in [0.5, 0.6) is 0 Å². The third-order valence-corrected chi connectivity index (χ3v) is 13.3. The zero-order chi connectivity index (χ0) is 17.9. The molecule has 10 unspecified atom stereocenters. The Morgan fingerprint density at radius 2 is 1.33 bits per heavy atom. The molecule has 136 valence electrons. The monoisotopic (exact) mass is 328 g/mol. The Balaban J connectivity index is 1.95. The van der Waals surface area contributed by atoms with Gasteiger partial charge in [-0.25, -0.2) is 0 Å². The van der Waals surface area contributed by atoms with Gasteiger partial charge in [-0.15, -0.1) is 0 Å². The van der Waals surface area contributed by atoms with Crippen molar-refractivity contribution in [3.63, 3.8) is 0 Å². The maximum absolute atomic E-state index is 2.79. The molecule has 24 heavy (non-hydrogen) atoms. The zero-order valence-electron chi connectivity index (χ0n) is 17.9. The summed E-state index contributed by atoms with van der Waals surface area (Å²) >= 11 is 0. The Hall–Kier alpha value is 0. The second kappa shape index (κ2) is 3.55. The highest BCUT2D eigenvalue weighted by Crippen LogP contribution is 3.02. The highest BCUT2D eigenvalue weighted by molar-refractivity contribution is 5.44. The lowest BCUT2D eigenvalue weighted by Crippen LogP contribution is -2.72. The van der Waals surface area contributed by atoms with Crippen molar-refractivity contribution in [2.45, 2.75) is 82.1 Å². The van der Waals surface area contributed by atoms with E-state index in [4.69, 9.17) is 0 Å². The third kappa shape index (κ3) is 0.880. The zero-order valence-corrected chi connectivity index (χ0v) is 17.9. The largest absolute Gasteiger partial charge is 0.0622 e. The first kappa shape index (κ1) is 16.2. The molecule has 0 radical (unpaired) electrons. The Morgan fingerprint density at radius 3 is 1.83 bits per heavy atom. The molecule has 4 bridgehead atoms. The molecule has 0 heterocycles. The van der Waals surface area contributed by atoms with E-state index in [1.165, 1.54) is 12.8 Å². The van der Waals surface area contributed by atoms with Crippen molar-refractivity contribution in [1.29, 1.82) is 0 Å². The van der Waals surface area contributed by atoms with E-state index in [0.717, 1.165) is 35.5 Å². The molecular weight excluding hydrogens is 288 g/mol. The van der Waals surface area contributed by atoms with E-state index in [-0.39, 0.29) is 0 Å². The van der Waals surface area contributed by atoms with Crippen LogP contribution in [0.25, 0.3) is 0 Å². The van der Waals surface area contributed by atoms with Gasteiger partial charge < -0.3 is 0 Å². The molecule has 0 aromatic heterocycles. The summed E-state index contributed by atoms with van der Waals surface area (Å²) in [4.78, 5) is 0. The summed E-state index contributed by atoms with van der Waals surface area (Å²) in [5.74, 6) is 5.54. The Bertz CT molecular complexity index is 638. The summed E-state index contributed by atoms with van der Waals surface area (Å²) in [6.45, 7) is 26.9. The predicted molar refractivity (Wildman–Crippen MR) is 102 cm³/mol. The average Bonchev–Trinajstić information content (AvgIpc) is 2.77. The van der Waals surface area contributed by atoms with Gasteiger partial charge in [0, 0.05) is 0 Å². The lowest BCUT2D eigenvalue weighted by atomic mass is 9.28. The van der Waals surface area contributed by atoms with E-state index in [9.17, 15) is 0 Å². The van der Waals surface area contributed by atoms with Crippen LogP contribution in [0.3, 0.4) is 0 Å². The quantitative estimate of drug-likeness (QED) is 0.467. The molecule has 5 aliphatic rings. The van der Waals surface area contributed by atoms with Crippen LogP contribution in [0, 0.1) is 68.0 Å². The minimum absolute atomic E-state index is 0.450. The van der Waals surface area contributed by atoms with Crippen molar-refractivity contribution in [3.05, 3.63) is 0 Å². The summed E-state index contributed by atoms with van der Waals surface area (Å²) in [6, 6.07) is 0. The average molecular weight is 329 g/mol. The van der Waals surface area contributed by atoms with E-state index in [0.29, 0.717) is 32.5 Å². The van der Waals surface area contributed by atoms with E-state index in [2.05, 4.69) is 69.2 Å². The van der Waals surface area contributed by atoms with Crippen molar-refractivity contribution >= 4 is 0 Å². The van der Waals surface area contributed by atoms with Gasteiger partial charge in [0.15, 0.2) is 0 Å². The van der Waals surface area contributed by atoms with Crippen LogP contribution in [-0.4, -0.2) is 0 Å². The molecule has 2 spiro atoms. The Kier molecular flexibility index (Phi) is 2.40. The summed E-state index contributed by atoms with van der Waals surface area (Å²) in [6.07, 6.45) is 3.03. The van der Waals surface area contributed by atoms with Gasteiger partial charge in [-0.3, -0.25) is 0 Å². The molecule has 5 fully saturated rings. The molecule has 5 saturated carbocycles. The van der Waals surface area contributed by atoms with Gasteiger partial charge >= 0.3 is 0 Å². The standard InChI is InChI=1S/C24H40/c1-13-12-23-16(4)18(13)15(3)21(9)19(5,6)24(14(2)11-17(23)24)20(7,8)22(21,23)10/h13-18H,11-12H2,1-10H3. The predicted octanol–water partition coefficient (Wildman–Crippen LogP) is 6.65. The maximum atomic E-state index is 2.79. The highest BCUT2D eigenvalue weighted by Gasteiger charge is 2.98. The van der Waals surface area contributed by atoms with Crippen molar-refractivity contribution in [2.24, 2.45) is 68.0 Å². The molecule has 0 nitrogen and oxygen atoms in total. The summed E-state index contributed by atoms with van der Waals surface area (Å²) < 4.78 is 0. The molecule has 0 aliphatic heterocycles. The lowest BCUT2D eigenvalue weighted by Gasteiger charge is -2.76. The first-order valence-electron chi connectivity index (χ1n) is 10.8. The number of fused-ring (bicyclic) bond motifs is 1. The lowest BCUT2D eigenvalue weighted by molar-refractivity contribution is -0.294. The molecule has 0 saturated heterocycles. The van der Waals surface area contributed by atoms with Crippen LogP contribution in [0.15, 0.2) is 0 Å². The Morgan fingerprint density at radius 1 is 0.750 bits per heavy atom. The van der Waals surface area contributed by atoms with Crippen LogP contribution in [0.2, 0.25) is 0 Å². The summed E-state index contributed by atoms with van der Waals surface area (Å²) in [5, 5.41) is 0. The van der Waals surface area contributed by atoms with E-state index < -0.39 is 0 Å². The molecule has 10 atom stereocenters. The SMILES string of the molecule is CC1CC23C(C)C1C(C)C1(C)C(C)(C)C4(C(C)CC24)C(C)(C)C31C. The Labute approximate surface area is 150 Å². The first-order valence-corrected chi connectivity index (χ1v) is 10.8. The molecule has 5 aliphatic carbocycles. The fourth-order valence-electron chi connectivity index (χ4n) is 13.1. The number of hydrogen-bond acceptors (Lipinski definition) is 0. The molecule has 0 aromatic rings. The van der Waals surface area contributed by atoms with Crippen molar-refractivity contribution in [1.82, 2.24) is 0 Å². The second-order valence-electron chi connectivity index (χ2n) is 12.5. The van der Waals surface area contributed by atoms with Gasteiger partial charge in [0.05, 0.1) is 0 Å². The summed E-state index contributed by atoms with van der Waals surface area (Å²) in [5.41, 5.74) is 3.03. The van der Waals surface area contributed by atoms with Crippen LogP contribution in [-0.2, 0) is 0 Å². The molecule has 0 amide bonds. The minimum atomic E-state index is 0.450. The van der Waals surface area contributed by atoms with Crippen LogP contribution >= 0.6 is 0 Å².